The van der Waals surface area contributed by atoms with E-state index >= 15 is 0 Å². The van der Waals surface area contributed by atoms with Gasteiger partial charge in [-0.25, -0.2) is 4.98 Å². The maximum Gasteiger partial charge on any atom is 0.191 e. The molecule has 0 fully saturated rings. The predicted molar refractivity (Wildman–Crippen MR) is 55.7 cm³/mol. The van der Waals surface area contributed by atoms with E-state index in [1.807, 2.05) is 5.38 Å². The minimum absolute atomic E-state index is 0.738. The minimum atomic E-state index is 0.738. The maximum atomic E-state index is 4.03. The van der Waals surface area contributed by atoms with Crippen LogP contribution in [0, 0.1) is 5.92 Å². The molecule has 2 aromatic heterocycles. The average molecular weight is 195 g/mol. The van der Waals surface area contributed by atoms with E-state index in [-0.39, 0.29) is 0 Å². The Morgan fingerprint density at radius 2 is 1.77 bits per heavy atom. The second-order valence-electron chi connectivity index (χ2n) is 3.31. The standard InChI is InChI=1S/C5H3N3S.C4H10/c1-2-7-5-4(6-1)3-9-8-5;1-4(2)3/h1-3H;4H,1-3H3. The van der Waals surface area contributed by atoms with Gasteiger partial charge in [0, 0.05) is 17.8 Å². The molecule has 3 nitrogen and oxygen atoms in total. The fourth-order valence-corrected chi connectivity index (χ4v) is 1.18. The highest BCUT2D eigenvalue weighted by atomic mass is 32.1. The molecule has 0 saturated heterocycles. The summed E-state index contributed by atoms with van der Waals surface area (Å²) in [5.74, 6) is 0.833. The number of hydrogen-bond donors (Lipinski definition) is 0. The fourth-order valence-electron chi connectivity index (χ4n) is 0.621. The third-order valence-electron chi connectivity index (χ3n) is 1.01. The molecule has 0 aliphatic rings. The van der Waals surface area contributed by atoms with Crippen molar-refractivity contribution in [3.63, 3.8) is 0 Å². The molecule has 0 aromatic carbocycles. The molecule has 2 rings (SSSR count). The fraction of sp³-hybridized carbons (Fsp3) is 0.444. The Labute approximate surface area is 82.0 Å². The van der Waals surface area contributed by atoms with E-state index in [1.165, 1.54) is 11.5 Å². The van der Waals surface area contributed by atoms with E-state index in [0.29, 0.717) is 0 Å². The molecule has 2 aromatic rings. The van der Waals surface area contributed by atoms with Gasteiger partial charge in [-0.1, -0.05) is 20.8 Å². The van der Waals surface area contributed by atoms with Crippen molar-refractivity contribution < 1.29 is 0 Å². The molecule has 0 unspecified atom stereocenters. The molecular weight excluding hydrogens is 182 g/mol. The summed E-state index contributed by atoms with van der Waals surface area (Å²) in [6.07, 6.45) is 3.30. The molecule has 4 heteroatoms. The van der Waals surface area contributed by atoms with Gasteiger partial charge in [0.25, 0.3) is 0 Å². The summed E-state index contributed by atoms with van der Waals surface area (Å²) in [6.45, 7) is 6.50. The van der Waals surface area contributed by atoms with E-state index in [1.54, 1.807) is 12.4 Å². The maximum absolute atomic E-state index is 4.03. The summed E-state index contributed by atoms with van der Waals surface area (Å²) < 4.78 is 3.99. The normalized spacial score (nSPS) is 9.85. The van der Waals surface area contributed by atoms with Crippen LogP contribution in [0.5, 0.6) is 0 Å². The number of fused-ring (bicyclic) bond motifs is 1. The highest BCUT2D eigenvalue weighted by Gasteiger charge is 1.93. The van der Waals surface area contributed by atoms with Crippen LogP contribution in [0.25, 0.3) is 11.2 Å². The largest absolute Gasteiger partial charge is 0.250 e. The smallest absolute Gasteiger partial charge is 0.191 e. The average Bonchev–Trinajstić information content (AvgIpc) is 2.49. The quantitative estimate of drug-likeness (QED) is 0.648. The molecule has 0 spiro atoms. The van der Waals surface area contributed by atoms with E-state index in [9.17, 15) is 0 Å². The van der Waals surface area contributed by atoms with Gasteiger partial charge in [-0.3, -0.25) is 4.98 Å². The van der Waals surface area contributed by atoms with Crippen LogP contribution in [0.4, 0.5) is 0 Å². The zero-order valence-corrected chi connectivity index (χ0v) is 8.88. The Morgan fingerprint density at radius 1 is 1.15 bits per heavy atom. The highest BCUT2D eigenvalue weighted by molar-refractivity contribution is 7.04. The number of hydrogen-bond acceptors (Lipinski definition) is 4. The predicted octanol–water partition coefficient (Wildman–Crippen LogP) is 2.75. The summed E-state index contributed by atoms with van der Waals surface area (Å²) in [7, 11) is 0. The van der Waals surface area contributed by atoms with Crippen LogP contribution < -0.4 is 0 Å². The van der Waals surface area contributed by atoms with Gasteiger partial charge >= 0.3 is 0 Å². The Kier molecular flexibility index (Phi) is 3.76. The molecule has 0 atom stereocenters. The Morgan fingerprint density at radius 3 is 2.38 bits per heavy atom. The molecule has 13 heavy (non-hydrogen) atoms. The number of nitrogens with zero attached hydrogens (tertiary/aromatic N) is 3. The van der Waals surface area contributed by atoms with Crippen molar-refractivity contribution >= 4 is 22.7 Å². The molecule has 2 heterocycles. The highest BCUT2D eigenvalue weighted by Crippen LogP contribution is 2.06. The molecule has 0 aliphatic heterocycles. The van der Waals surface area contributed by atoms with E-state index in [2.05, 4.69) is 35.1 Å². The van der Waals surface area contributed by atoms with Crippen molar-refractivity contribution in [3.05, 3.63) is 17.8 Å². The van der Waals surface area contributed by atoms with Crippen molar-refractivity contribution in [2.45, 2.75) is 20.8 Å². The topological polar surface area (TPSA) is 38.7 Å². The van der Waals surface area contributed by atoms with Crippen LogP contribution in [0.2, 0.25) is 0 Å². The Balaban J connectivity index is 0.000000184. The summed E-state index contributed by atoms with van der Waals surface area (Å²) in [5, 5.41) is 1.88. The molecule has 0 bridgehead atoms. The van der Waals surface area contributed by atoms with Gasteiger partial charge < -0.3 is 0 Å². The summed E-state index contributed by atoms with van der Waals surface area (Å²) in [6, 6.07) is 0. The molecule has 0 saturated carbocycles. The van der Waals surface area contributed by atoms with Crippen molar-refractivity contribution in [1.29, 1.82) is 0 Å². The van der Waals surface area contributed by atoms with Crippen LogP contribution in [0.3, 0.4) is 0 Å². The summed E-state index contributed by atoms with van der Waals surface area (Å²) >= 11 is 1.38. The lowest BCUT2D eigenvalue weighted by molar-refractivity contribution is 0.737. The van der Waals surface area contributed by atoms with Gasteiger partial charge in [0.15, 0.2) is 5.65 Å². The Bertz CT molecular complexity index is 323. The number of rotatable bonds is 0. The van der Waals surface area contributed by atoms with Crippen LogP contribution >= 0.6 is 11.5 Å². The van der Waals surface area contributed by atoms with Crippen LogP contribution in [-0.2, 0) is 0 Å². The van der Waals surface area contributed by atoms with Crippen molar-refractivity contribution in [1.82, 2.24) is 14.3 Å². The zero-order valence-electron chi connectivity index (χ0n) is 8.06. The monoisotopic (exact) mass is 195 g/mol. The second kappa shape index (κ2) is 4.87. The van der Waals surface area contributed by atoms with Crippen molar-refractivity contribution in [3.8, 4) is 0 Å². The molecule has 70 valence electrons. The van der Waals surface area contributed by atoms with Crippen molar-refractivity contribution in [2.24, 2.45) is 5.92 Å². The van der Waals surface area contributed by atoms with E-state index in [4.69, 9.17) is 0 Å². The van der Waals surface area contributed by atoms with Crippen molar-refractivity contribution in [2.75, 3.05) is 0 Å². The first-order valence-corrected chi connectivity index (χ1v) is 5.05. The van der Waals surface area contributed by atoms with Gasteiger partial charge in [0.2, 0.25) is 0 Å². The van der Waals surface area contributed by atoms with Gasteiger partial charge in [-0.15, -0.1) is 0 Å². The van der Waals surface area contributed by atoms with Gasteiger partial charge in [0.05, 0.1) is 0 Å². The van der Waals surface area contributed by atoms with Crippen LogP contribution in [0.1, 0.15) is 20.8 Å². The first-order valence-electron chi connectivity index (χ1n) is 4.21. The van der Waals surface area contributed by atoms with Gasteiger partial charge in [-0.05, 0) is 17.5 Å². The third-order valence-corrected chi connectivity index (χ3v) is 1.62. The molecule has 0 amide bonds. The molecule has 0 radical (unpaired) electrons. The lowest BCUT2D eigenvalue weighted by Gasteiger charge is -1.79. The van der Waals surface area contributed by atoms with Crippen LogP contribution in [-0.4, -0.2) is 14.3 Å². The van der Waals surface area contributed by atoms with E-state index in [0.717, 1.165) is 17.1 Å². The van der Waals surface area contributed by atoms with Gasteiger partial charge in [0.1, 0.15) is 5.52 Å². The SMILES string of the molecule is CC(C)C.c1cnc2nscc2n1. The summed E-state index contributed by atoms with van der Waals surface area (Å²) in [5.41, 5.74) is 1.62. The number of aromatic nitrogens is 3. The molecule has 0 N–H and O–H groups in total. The molecule has 0 aliphatic carbocycles. The lowest BCUT2D eigenvalue weighted by atomic mass is 10.3. The zero-order chi connectivity index (χ0) is 9.68. The Hall–Kier alpha value is -1.03. The van der Waals surface area contributed by atoms with E-state index < -0.39 is 0 Å². The third kappa shape index (κ3) is 3.46. The molecular formula is C9H13N3S. The minimum Gasteiger partial charge on any atom is -0.250 e. The first-order chi connectivity index (χ1) is 6.20. The lowest BCUT2D eigenvalue weighted by Crippen LogP contribution is -1.75. The summed E-state index contributed by atoms with van der Waals surface area (Å²) in [4.78, 5) is 8.00. The van der Waals surface area contributed by atoms with Crippen LogP contribution in [0.15, 0.2) is 17.8 Å². The van der Waals surface area contributed by atoms with Gasteiger partial charge in [-0.2, -0.15) is 4.37 Å². The first kappa shape index (κ1) is 10.1. The second-order valence-corrected chi connectivity index (χ2v) is 3.94.